The molecule has 0 aliphatic rings. The zero-order valence-electron chi connectivity index (χ0n) is 16.3. The molecular formula is C22H22N4O2S. The number of thioether (sulfide) groups is 1. The molecule has 0 saturated heterocycles. The Morgan fingerprint density at radius 3 is 2.52 bits per heavy atom. The van der Waals surface area contributed by atoms with Crippen molar-refractivity contribution in [2.24, 2.45) is 7.05 Å². The van der Waals surface area contributed by atoms with E-state index in [9.17, 15) is 4.79 Å². The molecule has 0 fully saturated rings. The summed E-state index contributed by atoms with van der Waals surface area (Å²) in [7, 11) is 1.79. The van der Waals surface area contributed by atoms with E-state index in [-0.39, 0.29) is 17.4 Å². The average molecular weight is 407 g/mol. The van der Waals surface area contributed by atoms with Gasteiger partial charge in [-0.05, 0) is 36.6 Å². The maximum atomic E-state index is 13.3. The molecule has 1 N–H and O–H groups in total. The minimum Gasteiger partial charge on any atom is -0.396 e. The van der Waals surface area contributed by atoms with Gasteiger partial charge in [-0.3, -0.25) is 14.0 Å². The number of nitrogens with zero attached hydrogens (tertiary/aromatic N) is 4. The molecule has 0 amide bonds. The van der Waals surface area contributed by atoms with E-state index >= 15 is 0 Å². The summed E-state index contributed by atoms with van der Waals surface area (Å²) in [5.41, 5.74) is 3.37. The van der Waals surface area contributed by atoms with Crippen LogP contribution < -0.4 is 5.56 Å². The van der Waals surface area contributed by atoms with Crippen LogP contribution in [0.15, 0.2) is 70.7 Å². The molecule has 29 heavy (non-hydrogen) atoms. The SMILES string of the molecule is CC(Sc1nc2c(cnn2C)c(=O)n1-c1ccc(CCO)cc1)c1ccccc1. The molecule has 0 radical (unpaired) electrons. The lowest BCUT2D eigenvalue weighted by atomic mass is 10.1. The number of rotatable bonds is 6. The molecule has 1 atom stereocenters. The number of benzene rings is 2. The third-order valence-electron chi connectivity index (χ3n) is 4.88. The second-order valence-electron chi connectivity index (χ2n) is 6.85. The minimum absolute atomic E-state index is 0.0954. The fraction of sp³-hybridized carbons (Fsp3) is 0.227. The molecule has 2 aromatic heterocycles. The summed E-state index contributed by atoms with van der Waals surface area (Å²) in [6.45, 7) is 2.20. The lowest BCUT2D eigenvalue weighted by molar-refractivity contribution is 0.299. The molecule has 0 bridgehead atoms. The first-order valence-corrected chi connectivity index (χ1v) is 10.3. The first-order chi connectivity index (χ1) is 14.1. The number of aliphatic hydroxyl groups is 1. The lowest BCUT2D eigenvalue weighted by Crippen LogP contribution is -2.22. The Morgan fingerprint density at radius 1 is 1.10 bits per heavy atom. The Morgan fingerprint density at radius 2 is 1.83 bits per heavy atom. The van der Waals surface area contributed by atoms with Crippen molar-refractivity contribution in [2.45, 2.75) is 23.8 Å². The van der Waals surface area contributed by atoms with Crippen molar-refractivity contribution in [1.29, 1.82) is 0 Å². The van der Waals surface area contributed by atoms with Gasteiger partial charge in [-0.1, -0.05) is 54.2 Å². The summed E-state index contributed by atoms with van der Waals surface area (Å²) in [5, 5.41) is 14.6. The van der Waals surface area contributed by atoms with Gasteiger partial charge in [-0.15, -0.1) is 0 Å². The van der Waals surface area contributed by atoms with Crippen LogP contribution in [0.4, 0.5) is 0 Å². The minimum atomic E-state index is -0.138. The summed E-state index contributed by atoms with van der Waals surface area (Å²) in [4.78, 5) is 18.1. The fourth-order valence-electron chi connectivity index (χ4n) is 3.26. The van der Waals surface area contributed by atoms with Crippen LogP contribution in [-0.4, -0.2) is 31.0 Å². The Bertz CT molecular complexity index is 1180. The van der Waals surface area contributed by atoms with Crippen molar-refractivity contribution in [3.8, 4) is 5.69 Å². The zero-order chi connectivity index (χ0) is 20.4. The lowest BCUT2D eigenvalue weighted by Gasteiger charge is -2.16. The van der Waals surface area contributed by atoms with Gasteiger partial charge >= 0.3 is 0 Å². The summed E-state index contributed by atoms with van der Waals surface area (Å²) in [5.74, 6) is 0. The number of hydrogen-bond donors (Lipinski definition) is 1. The normalized spacial score (nSPS) is 12.4. The smallest absolute Gasteiger partial charge is 0.269 e. The number of aryl methyl sites for hydroxylation is 1. The monoisotopic (exact) mass is 406 g/mol. The molecule has 7 heteroatoms. The van der Waals surface area contributed by atoms with Gasteiger partial charge < -0.3 is 5.11 Å². The second kappa shape index (κ2) is 8.23. The van der Waals surface area contributed by atoms with Crippen LogP contribution >= 0.6 is 11.8 Å². The highest BCUT2D eigenvalue weighted by molar-refractivity contribution is 7.99. The van der Waals surface area contributed by atoms with Gasteiger partial charge in [0.05, 0.1) is 11.9 Å². The number of hydrogen-bond acceptors (Lipinski definition) is 5. The molecule has 0 spiro atoms. The molecule has 4 rings (SSSR count). The van der Waals surface area contributed by atoms with Crippen LogP contribution in [0.2, 0.25) is 0 Å². The van der Waals surface area contributed by atoms with Crippen LogP contribution in [0.25, 0.3) is 16.7 Å². The third kappa shape index (κ3) is 3.83. The fourth-order valence-corrected chi connectivity index (χ4v) is 4.30. The van der Waals surface area contributed by atoms with Crippen molar-refractivity contribution < 1.29 is 5.11 Å². The van der Waals surface area contributed by atoms with Crippen molar-refractivity contribution in [1.82, 2.24) is 19.3 Å². The van der Waals surface area contributed by atoms with E-state index in [1.165, 1.54) is 5.56 Å². The predicted octanol–water partition coefficient (Wildman–Crippen LogP) is 3.51. The topological polar surface area (TPSA) is 72.9 Å². The first kappa shape index (κ1) is 19.4. The van der Waals surface area contributed by atoms with E-state index in [4.69, 9.17) is 10.1 Å². The molecular weight excluding hydrogens is 384 g/mol. The Balaban J connectivity index is 1.84. The average Bonchev–Trinajstić information content (AvgIpc) is 3.11. The molecule has 0 aliphatic carbocycles. The molecule has 4 aromatic rings. The number of aliphatic hydroxyl groups excluding tert-OH is 1. The maximum absolute atomic E-state index is 13.3. The van der Waals surface area contributed by atoms with Crippen molar-refractivity contribution >= 4 is 22.8 Å². The molecule has 0 aliphatic heterocycles. The number of aromatic nitrogens is 4. The van der Waals surface area contributed by atoms with Gasteiger partial charge in [0, 0.05) is 18.9 Å². The van der Waals surface area contributed by atoms with Crippen molar-refractivity contribution in [3.63, 3.8) is 0 Å². The van der Waals surface area contributed by atoms with Crippen LogP contribution in [0.5, 0.6) is 0 Å². The summed E-state index contributed by atoms with van der Waals surface area (Å²) < 4.78 is 3.28. The molecule has 1 unspecified atom stereocenters. The molecule has 2 heterocycles. The Hall–Kier alpha value is -2.90. The van der Waals surface area contributed by atoms with Crippen LogP contribution in [-0.2, 0) is 13.5 Å². The van der Waals surface area contributed by atoms with Gasteiger partial charge in [-0.2, -0.15) is 5.10 Å². The van der Waals surface area contributed by atoms with E-state index in [1.54, 1.807) is 34.3 Å². The largest absolute Gasteiger partial charge is 0.396 e. The summed E-state index contributed by atoms with van der Waals surface area (Å²) in [6, 6.07) is 17.8. The van der Waals surface area contributed by atoms with Gasteiger partial charge in [0.15, 0.2) is 10.8 Å². The quantitative estimate of drug-likeness (QED) is 0.392. The standard InChI is InChI=1S/C22H22N4O2S/c1-15(17-6-4-3-5-7-17)29-22-24-20-19(14-23-25(20)2)21(28)26(22)18-10-8-16(9-11-18)12-13-27/h3-11,14-15,27H,12-13H2,1-2H3. The Kier molecular flexibility index (Phi) is 5.51. The second-order valence-corrected chi connectivity index (χ2v) is 8.16. The highest BCUT2D eigenvalue weighted by Gasteiger charge is 2.18. The predicted molar refractivity (Wildman–Crippen MR) is 116 cm³/mol. The van der Waals surface area contributed by atoms with E-state index in [0.717, 1.165) is 11.3 Å². The van der Waals surface area contributed by atoms with E-state index in [1.807, 2.05) is 42.5 Å². The maximum Gasteiger partial charge on any atom is 0.269 e. The molecule has 6 nitrogen and oxygen atoms in total. The van der Waals surface area contributed by atoms with Crippen LogP contribution in [0.3, 0.4) is 0 Å². The van der Waals surface area contributed by atoms with Gasteiger partial charge in [0.2, 0.25) is 0 Å². The van der Waals surface area contributed by atoms with E-state index < -0.39 is 0 Å². The first-order valence-electron chi connectivity index (χ1n) is 9.45. The van der Waals surface area contributed by atoms with E-state index in [2.05, 4.69) is 24.2 Å². The summed E-state index contributed by atoms with van der Waals surface area (Å²) >= 11 is 1.54. The van der Waals surface area contributed by atoms with Crippen molar-refractivity contribution in [3.05, 3.63) is 82.3 Å². The molecule has 0 saturated carbocycles. The highest BCUT2D eigenvalue weighted by atomic mass is 32.2. The van der Waals surface area contributed by atoms with E-state index in [0.29, 0.717) is 22.6 Å². The number of fused-ring (bicyclic) bond motifs is 1. The summed E-state index contributed by atoms with van der Waals surface area (Å²) in [6.07, 6.45) is 2.15. The van der Waals surface area contributed by atoms with Gasteiger partial charge in [0.25, 0.3) is 5.56 Å². The highest BCUT2D eigenvalue weighted by Crippen LogP contribution is 2.34. The van der Waals surface area contributed by atoms with Gasteiger partial charge in [-0.25, -0.2) is 4.98 Å². The zero-order valence-corrected chi connectivity index (χ0v) is 17.1. The molecule has 2 aromatic carbocycles. The van der Waals surface area contributed by atoms with Crippen LogP contribution in [0.1, 0.15) is 23.3 Å². The van der Waals surface area contributed by atoms with Crippen molar-refractivity contribution in [2.75, 3.05) is 6.61 Å². The Labute approximate surface area is 172 Å². The van der Waals surface area contributed by atoms with Crippen LogP contribution in [0, 0.1) is 0 Å². The third-order valence-corrected chi connectivity index (χ3v) is 5.99. The van der Waals surface area contributed by atoms with Gasteiger partial charge in [0.1, 0.15) is 5.39 Å². The molecule has 148 valence electrons.